The SMILES string of the molecule is O=c1c(=Cc2c(Cl)cccc2Cl)sc2nc(-c3cccs3)nn12. The molecule has 3 aromatic heterocycles. The molecular weight excluding hydrogens is 373 g/mol. The van der Waals surface area contributed by atoms with Gasteiger partial charge in [0.1, 0.15) is 0 Å². The number of halogens is 2. The smallest absolute Gasteiger partial charge is 0.266 e. The predicted octanol–water partition coefficient (Wildman–Crippen LogP) is 3.73. The van der Waals surface area contributed by atoms with Crippen molar-refractivity contribution >= 4 is 56.9 Å². The van der Waals surface area contributed by atoms with Gasteiger partial charge in [0.05, 0.1) is 9.41 Å². The number of nitrogens with zero attached hydrogens (tertiary/aromatic N) is 3. The van der Waals surface area contributed by atoms with Crippen LogP contribution in [0.1, 0.15) is 5.56 Å². The number of hydrogen-bond donors (Lipinski definition) is 0. The van der Waals surface area contributed by atoms with Crippen LogP contribution >= 0.6 is 45.9 Å². The topological polar surface area (TPSA) is 47.3 Å². The molecule has 3 heterocycles. The molecule has 0 fully saturated rings. The summed E-state index contributed by atoms with van der Waals surface area (Å²) in [7, 11) is 0. The van der Waals surface area contributed by atoms with E-state index in [0.717, 1.165) is 4.88 Å². The zero-order valence-corrected chi connectivity index (χ0v) is 14.5. The third kappa shape index (κ3) is 2.57. The molecule has 0 radical (unpaired) electrons. The fourth-order valence-corrected chi connectivity index (χ4v) is 4.17. The average molecular weight is 380 g/mol. The summed E-state index contributed by atoms with van der Waals surface area (Å²) in [6, 6.07) is 9.07. The van der Waals surface area contributed by atoms with Crippen LogP contribution in [0.4, 0.5) is 0 Å². The Balaban J connectivity index is 1.90. The maximum absolute atomic E-state index is 12.5. The van der Waals surface area contributed by atoms with E-state index in [1.165, 1.54) is 27.2 Å². The number of hydrogen-bond acceptors (Lipinski definition) is 5. The van der Waals surface area contributed by atoms with Crippen molar-refractivity contribution in [2.24, 2.45) is 0 Å². The van der Waals surface area contributed by atoms with Crippen molar-refractivity contribution in [1.29, 1.82) is 0 Å². The van der Waals surface area contributed by atoms with Crippen molar-refractivity contribution in [2.75, 3.05) is 0 Å². The fourth-order valence-electron chi connectivity index (χ4n) is 2.12. The lowest BCUT2D eigenvalue weighted by Gasteiger charge is -1.99. The Morgan fingerprint density at radius 2 is 1.91 bits per heavy atom. The van der Waals surface area contributed by atoms with E-state index in [-0.39, 0.29) is 5.56 Å². The number of thiazole rings is 1. The summed E-state index contributed by atoms with van der Waals surface area (Å²) in [5, 5.41) is 7.23. The van der Waals surface area contributed by atoms with Crippen LogP contribution in [0.15, 0.2) is 40.5 Å². The molecule has 8 heteroatoms. The number of rotatable bonds is 2. The summed E-state index contributed by atoms with van der Waals surface area (Å²) in [4.78, 5) is 18.4. The highest BCUT2D eigenvalue weighted by Crippen LogP contribution is 2.25. The molecular formula is C15H7Cl2N3OS2. The largest absolute Gasteiger partial charge is 0.291 e. The third-order valence-corrected chi connectivity index (χ3v) is 5.68. The summed E-state index contributed by atoms with van der Waals surface area (Å²) in [6.45, 7) is 0. The average Bonchev–Trinajstić information content (AvgIpc) is 3.22. The van der Waals surface area contributed by atoms with Gasteiger partial charge in [-0.25, -0.2) is 0 Å². The molecule has 4 rings (SSSR count). The molecule has 114 valence electrons. The van der Waals surface area contributed by atoms with Gasteiger partial charge in [-0.2, -0.15) is 9.50 Å². The van der Waals surface area contributed by atoms with Crippen LogP contribution in [0.2, 0.25) is 10.0 Å². The molecule has 23 heavy (non-hydrogen) atoms. The Hall–Kier alpha value is -1.73. The number of benzene rings is 1. The minimum absolute atomic E-state index is 0.226. The van der Waals surface area contributed by atoms with E-state index >= 15 is 0 Å². The van der Waals surface area contributed by atoms with E-state index in [2.05, 4.69) is 10.1 Å². The van der Waals surface area contributed by atoms with Crippen LogP contribution in [-0.4, -0.2) is 14.6 Å². The van der Waals surface area contributed by atoms with Crippen LogP contribution in [-0.2, 0) is 0 Å². The van der Waals surface area contributed by atoms with E-state index in [4.69, 9.17) is 23.2 Å². The summed E-state index contributed by atoms with van der Waals surface area (Å²) >= 11 is 15.1. The molecule has 0 aliphatic heterocycles. The first-order chi connectivity index (χ1) is 11.1. The van der Waals surface area contributed by atoms with E-state index in [1.807, 2.05) is 17.5 Å². The second kappa shape index (κ2) is 5.72. The fraction of sp³-hybridized carbons (Fsp3) is 0. The third-order valence-electron chi connectivity index (χ3n) is 3.20. The predicted molar refractivity (Wildman–Crippen MR) is 95.7 cm³/mol. The van der Waals surface area contributed by atoms with Gasteiger partial charge >= 0.3 is 0 Å². The zero-order chi connectivity index (χ0) is 16.0. The second-order valence-corrected chi connectivity index (χ2v) is 7.43. The van der Waals surface area contributed by atoms with Gasteiger partial charge in [0.25, 0.3) is 5.56 Å². The van der Waals surface area contributed by atoms with Crippen molar-refractivity contribution in [3.63, 3.8) is 0 Å². The van der Waals surface area contributed by atoms with Gasteiger partial charge in [0.2, 0.25) is 4.96 Å². The van der Waals surface area contributed by atoms with Crippen LogP contribution in [0.3, 0.4) is 0 Å². The first kappa shape index (κ1) is 14.8. The van der Waals surface area contributed by atoms with Gasteiger partial charge in [-0.1, -0.05) is 46.7 Å². The quantitative estimate of drug-likeness (QED) is 0.532. The molecule has 4 nitrogen and oxygen atoms in total. The van der Waals surface area contributed by atoms with E-state index in [9.17, 15) is 4.79 Å². The number of aromatic nitrogens is 3. The molecule has 0 unspecified atom stereocenters. The lowest BCUT2D eigenvalue weighted by molar-refractivity contribution is 0.938. The van der Waals surface area contributed by atoms with E-state index in [1.54, 1.807) is 24.3 Å². The van der Waals surface area contributed by atoms with E-state index < -0.39 is 0 Å². The monoisotopic (exact) mass is 379 g/mol. The Morgan fingerprint density at radius 3 is 2.57 bits per heavy atom. The molecule has 0 bridgehead atoms. The molecule has 0 saturated heterocycles. The van der Waals surface area contributed by atoms with Gasteiger partial charge in [-0.05, 0) is 29.7 Å². The molecule has 4 aromatic rings. The van der Waals surface area contributed by atoms with Gasteiger partial charge in [-0.15, -0.1) is 16.4 Å². The molecule has 0 amide bonds. The van der Waals surface area contributed by atoms with Crippen molar-refractivity contribution in [3.8, 4) is 10.7 Å². The first-order valence-electron chi connectivity index (χ1n) is 6.52. The summed E-state index contributed by atoms with van der Waals surface area (Å²) in [5.74, 6) is 0.561. The number of thiophene rings is 1. The summed E-state index contributed by atoms with van der Waals surface area (Å²) in [5.41, 5.74) is 0.396. The standard InChI is InChI=1S/C15H7Cl2N3OS2/c16-9-3-1-4-10(17)8(9)7-12-14(21)20-15(23-12)18-13(19-20)11-5-2-6-22-11/h1-7H. The van der Waals surface area contributed by atoms with Crippen LogP contribution < -0.4 is 10.1 Å². The maximum atomic E-state index is 12.5. The van der Waals surface area contributed by atoms with Crippen LogP contribution in [0, 0.1) is 0 Å². The highest BCUT2D eigenvalue weighted by Gasteiger charge is 2.13. The lowest BCUT2D eigenvalue weighted by Crippen LogP contribution is -2.23. The van der Waals surface area contributed by atoms with Crippen LogP contribution in [0.5, 0.6) is 0 Å². The Kier molecular flexibility index (Phi) is 3.69. The van der Waals surface area contributed by atoms with Crippen LogP contribution in [0.25, 0.3) is 21.7 Å². The Bertz CT molecular complexity index is 1100. The van der Waals surface area contributed by atoms with Crippen molar-refractivity contribution in [1.82, 2.24) is 14.6 Å². The minimum Gasteiger partial charge on any atom is -0.266 e. The van der Waals surface area contributed by atoms with Crippen molar-refractivity contribution in [3.05, 3.63) is 66.2 Å². The number of fused-ring (bicyclic) bond motifs is 1. The highest BCUT2D eigenvalue weighted by molar-refractivity contribution is 7.15. The maximum Gasteiger partial charge on any atom is 0.291 e. The molecule has 0 atom stereocenters. The molecule has 0 aliphatic carbocycles. The molecule has 0 spiro atoms. The van der Waals surface area contributed by atoms with Gasteiger partial charge < -0.3 is 0 Å². The van der Waals surface area contributed by atoms with Gasteiger partial charge in [0, 0.05) is 15.6 Å². The second-order valence-electron chi connectivity index (χ2n) is 4.66. The minimum atomic E-state index is -0.226. The van der Waals surface area contributed by atoms with Crippen molar-refractivity contribution in [2.45, 2.75) is 0 Å². The normalized spacial score (nSPS) is 12.3. The summed E-state index contributed by atoms with van der Waals surface area (Å²) in [6.07, 6.45) is 1.68. The highest BCUT2D eigenvalue weighted by atomic mass is 35.5. The lowest BCUT2D eigenvalue weighted by atomic mass is 10.2. The van der Waals surface area contributed by atoms with Gasteiger partial charge in [-0.3, -0.25) is 4.79 Å². The molecule has 0 saturated carbocycles. The molecule has 1 aromatic carbocycles. The Morgan fingerprint density at radius 1 is 1.13 bits per heavy atom. The first-order valence-corrected chi connectivity index (χ1v) is 8.98. The van der Waals surface area contributed by atoms with E-state index in [0.29, 0.717) is 30.9 Å². The van der Waals surface area contributed by atoms with Gasteiger partial charge in [0.15, 0.2) is 5.82 Å². The summed E-state index contributed by atoms with van der Waals surface area (Å²) < 4.78 is 1.81. The molecule has 0 aliphatic rings. The Labute approximate surface area is 148 Å². The van der Waals surface area contributed by atoms with Crippen molar-refractivity contribution < 1.29 is 0 Å². The zero-order valence-electron chi connectivity index (χ0n) is 11.4. The molecule has 0 N–H and O–H groups in total.